The molecule has 11 rings (SSSR count). The van der Waals surface area contributed by atoms with Gasteiger partial charge in [-0.05, 0) is 94.2 Å². The summed E-state index contributed by atoms with van der Waals surface area (Å²) in [4.78, 5) is 0. The van der Waals surface area contributed by atoms with E-state index in [0.29, 0.717) is 16.4 Å². The van der Waals surface area contributed by atoms with Crippen LogP contribution in [0.25, 0.3) is 110 Å². The van der Waals surface area contributed by atoms with Crippen molar-refractivity contribution in [2.45, 2.75) is 0 Å². The monoisotopic (exact) mass is 691 g/mol. The maximum absolute atomic E-state index is 9.97. The van der Waals surface area contributed by atoms with Crippen molar-refractivity contribution in [1.29, 1.82) is 0 Å². The minimum absolute atomic E-state index is 0.158. The molecule has 1 heterocycles. The Balaban J connectivity index is 1.34. The molecule has 11 aromatic rings. The summed E-state index contributed by atoms with van der Waals surface area (Å²) in [7, 11) is 0. The molecular formula is C52H32O. The number of furan rings is 1. The lowest BCUT2D eigenvalue weighted by Gasteiger charge is -2.19. The number of para-hydroxylation sites is 1. The molecule has 0 atom stereocenters. The van der Waals surface area contributed by atoms with Gasteiger partial charge in [-0.15, -0.1) is 0 Å². The van der Waals surface area contributed by atoms with Gasteiger partial charge in [0.2, 0.25) is 0 Å². The van der Waals surface area contributed by atoms with Crippen molar-refractivity contribution in [2.24, 2.45) is 0 Å². The van der Waals surface area contributed by atoms with E-state index >= 15 is 0 Å². The van der Waals surface area contributed by atoms with E-state index in [1.54, 1.807) is 24.3 Å². The van der Waals surface area contributed by atoms with Gasteiger partial charge >= 0.3 is 0 Å². The van der Waals surface area contributed by atoms with Gasteiger partial charge in [0, 0.05) is 16.3 Å². The third kappa shape index (κ3) is 4.58. The predicted molar refractivity (Wildman–Crippen MR) is 225 cm³/mol. The predicted octanol–water partition coefficient (Wildman–Crippen LogP) is 14.9. The van der Waals surface area contributed by atoms with Crippen LogP contribution in [0.15, 0.2) is 198 Å². The minimum atomic E-state index is -0.874. The summed E-state index contributed by atoms with van der Waals surface area (Å²) >= 11 is 0. The Morgan fingerprint density at radius 3 is 1.66 bits per heavy atom. The molecule has 0 radical (unpaired) electrons. The molecule has 0 spiro atoms. The average Bonchev–Trinajstić information content (AvgIpc) is 3.76. The number of hydrogen-bond acceptors (Lipinski definition) is 1. The van der Waals surface area contributed by atoms with Gasteiger partial charge in [0.1, 0.15) is 11.2 Å². The second-order valence-electron chi connectivity index (χ2n) is 12.5. The van der Waals surface area contributed by atoms with Crippen molar-refractivity contribution in [1.82, 2.24) is 0 Å². The highest BCUT2D eigenvalue weighted by Crippen LogP contribution is 2.47. The fourth-order valence-corrected chi connectivity index (χ4v) is 7.47. The zero-order valence-corrected chi connectivity index (χ0v) is 27.4. The Hall–Kier alpha value is -6.96. The molecule has 0 aliphatic heterocycles. The van der Waals surface area contributed by atoms with Crippen LogP contribution in [0.3, 0.4) is 0 Å². The van der Waals surface area contributed by atoms with Gasteiger partial charge in [-0.25, -0.2) is 0 Å². The molecule has 53 heavy (non-hydrogen) atoms. The van der Waals surface area contributed by atoms with Crippen LogP contribution in [0.5, 0.6) is 0 Å². The summed E-state index contributed by atoms with van der Waals surface area (Å²) in [6.07, 6.45) is 0. The van der Waals surface area contributed by atoms with Crippen LogP contribution in [0.1, 0.15) is 26.0 Å². The highest BCUT2D eigenvalue weighted by molar-refractivity contribution is 6.24. The molecule has 0 saturated heterocycles. The van der Waals surface area contributed by atoms with Gasteiger partial charge in [0.05, 0.1) is 26.0 Å². The highest BCUT2D eigenvalue weighted by Gasteiger charge is 2.20. The highest BCUT2D eigenvalue weighted by atomic mass is 16.3. The summed E-state index contributed by atoms with van der Waals surface area (Å²) in [5.74, 6) is 0. The second-order valence-corrected chi connectivity index (χ2v) is 12.5. The molecule has 0 aliphatic carbocycles. The first kappa shape index (κ1) is 16.6. The third-order valence-electron chi connectivity index (χ3n) is 9.74. The van der Waals surface area contributed by atoms with E-state index < -0.39 is 164 Å². The van der Waals surface area contributed by atoms with Crippen LogP contribution in [0.2, 0.25) is 0 Å². The fraction of sp³-hybridized carbons (Fsp3) is 0. The van der Waals surface area contributed by atoms with Crippen molar-refractivity contribution < 1.29 is 30.5 Å². The standard InChI is InChI=1S/C52H32O/c1-2-15-34(16-3-1)50-41-21-8-10-23-43(41)51(44-24-11-9-22-42(44)50)45-30-29-40(38-19-6-7-20-39(38)45)46-26-13-27-47-48-32-35(28-31-49(48)53-52(46)47)37-25-12-17-33-14-4-5-18-36(33)37/h1-32H/i1D,2D,3D,6D,7D,8D,9D,10D,11D,15D,16D,19D,20D,21D,22D,23D,24D,29D,30D. The molecule has 1 nitrogen and oxygen atoms in total. The lowest BCUT2D eigenvalue weighted by atomic mass is 9.84. The summed E-state index contributed by atoms with van der Waals surface area (Å²) in [5, 5.41) is 0.240. The first-order valence-electron chi connectivity index (χ1n) is 26.2. The zero-order chi connectivity index (χ0) is 51.4. The molecule has 0 fully saturated rings. The van der Waals surface area contributed by atoms with Gasteiger partial charge in [0.25, 0.3) is 0 Å². The Kier molecular flexibility index (Phi) is 3.69. The molecular weight excluding hydrogens is 641 g/mol. The molecule has 1 heteroatoms. The van der Waals surface area contributed by atoms with Gasteiger partial charge in [0.15, 0.2) is 0 Å². The number of rotatable bonds is 4. The van der Waals surface area contributed by atoms with Crippen molar-refractivity contribution in [2.75, 3.05) is 0 Å². The van der Waals surface area contributed by atoms with Crippen LogP contribution in [0.4, 0.5) is 0 Å². The summed E-state index contributed by atoms with van der Waals surface area (Å²) in [5.41, 5.74) is 0.152. The number of fused-ring (bicyclic) bond motifs is 7. The Bertz CT molecular complexity index is 4220. The van der Waals surface area contributed by atoms with E-state index in [9.17, 15) is 11.0 Å². The van der Waals surface area contributed by atoms with Crippen molar-refractivity contribution in [3.05, 3.63) is 194 Å². The summed E-state index contributed by atoms with van der Waals surface area (Å²) in [6, 6.07) is 9.11. The molecule has 0 amide bonds. The third-order valence-corrected chi connectivity index (χ3v) is 9.74. The zero-order valence-electron chi connectivity index (χ0n) is 46.4. The normalized spacial score (nSPS) is 16.8. The first-order chi connectivity index (χ1) is 34.2. The molecule has 0 bridgehead atoms. The topological polar surface area (TPSA) is 13.1 Å². The van der Waals surface area contributed by atoms with Gasteiger partial charge < -0.3 is 4.42 Å². The SMILES string of the molecule is [2H]c1c([2H])c([2H])c(-c2c3c([2H])c([2H])c([2H])c([2H])c3c(-c3c([2H])c([2H])c(-c4cccc5c4oc4ccc(-c6cccc7ccccc67)cc45)c4c([2H])c([2H])c([2H])c([2H])c34)c3c([2H])c([2H])c([2H])c([2H])c23)c([2H])c1[2H]. The van der Waals surface area contributed by atoms with Crippen LogP contribution >= 0.6 is 0 Å². The van der Waals surface area contributed by atoms with Crippen LogP contribution in [-0.4, -0.2) is 0 Å². The van der Waals surface area contributed by atoms with E-state index in [1.165, 1.54) is 0 Å². The average molecular weight is 692 g/mol. The van der Waals surface area contributed by atoms with Crippen LogP contribution in [0, 0.1) is 0 Å². The van der Waals surface area contributed by atoms with E-state index in [4.69, 9.17) is 19.5 Å². The second kappa shape index (κ2) is 11.8. The fourth-order valence-electron chi connectivity index (χ4n) is 7.47. The quantitative estimate of drug-likeness (QED) is 0.167. The first-order valence-corrected chi connectivity index (χ1v) is 16.7. The maximum atomic E-state index is 9.97. The summed E-state index contributed by atoms with van der Waals surface area (Å²) in [6.45, 7) is 0. The van der Waals surface area contributed by atoms with Crippen LogP contribution in [-0.2, 0) is 0 Å². The minimum Gasteiger partial charge on any atom is -0.455 e. The van der Waals surface area contributed by atoms with Gasteiger partial charge in [-0.3, -0.25) is 0 Å². The largest absolute Gasteiger partial charge is 0.455 e. The van der Waals surface area contributed by atoms with E-state index in [0.717, 1.165) is 21.9 Å². The lowest BCUT2D eigenvalue weighted by Crippen LogP contribution is -1.92. The Morgan fingerprint density at radius 1 is 0.340 bits per heavy atom. The molecule has 0 aliphatic rings. The summed E-state index contributed by atoms with van der Waals surface area (Å²) < 4.78 is 180. The molecule has 10 aromatic carbocycles. The van der Waals surface area contributed by atoms with Gasteiger partial charge in [-0.2, -0.15) is 0 Å². The van der Waals surface area contributed by atoms with E-state index in [1.807, 2.05) is 54.6 Å². The van der Waals surface area contributed by atoms with E-state index in [2.05, 4.69) is 0 Å². The van der Waals surface area contributed by atoms with E-state index in [-0.39, 0.29) is 22.1 Å². The molecule has 0 unspecified atom stereocenters. The van der Waals surface area contributed by atoms with Gasteiger partial charge in [-0.1, -0.05) is 182 Å². The van der Waals surface area contributed by atoms with Crippen molar-refractivity contribution in [3.63, 3.8) is 0 Å². The van der Waals surface area contributed by atoms with Crippen molar-refractivity contribution in [3.8, 4) is 44.5 Å². The number of hydrogen-bond donors (Lipinski definition) is 0. The van der Waals surface area contributed by atoms with Crippen molar-refractivity contribution >= 4 is 65.0 Å². The molecule has 246 valence electrons. The maximum Gasteiger partial charge on any atom is 0.143 e. The Morgan fingerprint density at radius 2 is 0.906 bits per heavy atom. The molecule has 0 N–H and O–H groups in total. The Labute approximate surface area is 333 Å². The molecule has 1 aromatic heterocycles. The smallest absolute Gasteiger partial charge is 0.143 e. The number of benzene rings is 10. The molecule has 0 saturated carbocycles. The van der Waals surface area contributed by atoms with Crippen LogP contribution < -0.4 is 0 Å². The lowest BCUT2D eigenvalue weighted by molar-refractivity contribution is 0.670.